The number of rotatable bonds is 4. The lowest BCUT2D eigenvalue weighted by atomic mass is 9.70. The number of fused-ring (bicyclic) bond motifs is 4. The number of hydrogen-bond donors (Lipinski definition) is 0. The zero-order valence-electron chi connectivity index (χ0n) is 29.7. The summed E-state index contributed by atoms with van der Waals surface area (Å²) in [6.45, 7) is 4.60. The largest absolute Gasteiger partial charge is 0.457 e. The maximum absolute atomic E-state index is 6.84. The average molecular weight is 675 g/mol. The Kier molecular flexibility index (Phi) is 5.92. The highest BCUT2D eigenvalue weighted by Gasteiger charge is 2.72. The lowest BCUT2D eigenvalue weighted by Crippen LogP contribution is -2.60. The summed E-state index contributed by atoms with van der Waals surface area (Å²) in [6, 6.07) is 52.8. The van der Waals surface area contributed by atoms with Crippen molar-refractivity contribution in [1.29, 1.82) is 0 Å². The summed E-state index contributed by atoms with van der Waals surface area (Å²) < 4.78 is 6.84. The highest BCUT2D eigenvalue weighted by atomic mass is 16.5. The van der Waals surface area contributed by atoms with Crippen molar-refractivity contribution >= 4 is 22.8 Å². The monoisotopic (exact) mass is 674 g/mol. The molecule has 5 heteroatoms. The Morgan fingerprint density at radius 1 is 0.423 bits per heavy atom. The van der Waals surface area contributed by atoms with E-state index in [-0.39, 0.29) is 12.3 Å². The molecule has 2 atom stereocenters. The minimum absolute atomic E-state index is 0.00121. The Morgan fingerprint density at radius 3 is 1.19 bits per heavy atom. The van der Waals surface area contributed by atoms with E-state index in [4.69, 9.17) is 4.74 Å². The van der Waals surface area contributed by atoms with Crippen LogP contribution in [0.2, 0.25) is 0 Å². The number of nitrogens with zero attached hydrogens (tertiary/aromatic N) is 4. The van der Waals surface area contributed by atoms with E-state index >= 15 is 0 Å². The molecular weight excluding hydrogens is 637 g/mol. The van der Waals surface area contributed by atoms with E-state index in [1.807, 2.05) is 0 Å². The summed E-state index contributed by atoms with van der Waals surface area (Å²) >= 11 is 0. The number of ether oxygens (including phenoxy) is 1. The fraction of sp³-hybridized carbons (Fsp3) is 0.149. The van der Waals surface area contributed by atoms with E-state index in [1.54, 1.807) is 0 Å². The second-order valence-corrected chi connectivity index (χ2v) is 14.7. The van der Waals surface area contributed by atoms with Crippen LogP contribution in [0.4, 0.5) is 11.4 Å². The van der Waals surface area contributed by atoms with Crippen LogP contribution in [-0.2, 0) is 5.41 Å². The molecule has 0 aromatic heterocycles. The molecule has 5 aliphatic heterocycles. The molecular formula is C47H38N4O. The molecule has 6 aromatic carbocycles. The van der Waals surface area contributed by atoms with Gasteiger partial charge < -0.3 is 24.3 Å². The molecule has 0 fully saturated rings. The van der Waals surface area contributed by atoms with E-state index in [9.17, 15) is 0 Å². The topological polar surface area (TPSA) is 22.2 Å². The number of hydrogen-bond acceptors (Lipinski definition) is 5. The second-order valence-electron chi connectivity index (χ2n) is 14.7. The van der Waals surface area contributed by atoms with Crippen molar-refractivity contribution in [2.45, 2.75) is 31.6 Å². The lowest BCUT2D eigenvalue weighted by Gasteiger charge is -2.47. The van der Waals surface area contributed by atoms with Crippen molar-refractivity contribution < 1.29 is 4.74 Å². The van der Waals surface area contributed by atoms with Crippen LogP contribution in [0.5, 0.6) is 11.5 Å². The van der Waals surface area contributed by atoms with Crippen LogP contribution in [0.25, 0.3) is 33.6 Å². The molecule has 0 N–H and O–H groups in total. The molecule has 0 saturated carbocycles. The van der Waals surface area contributed by atoms with Gasteiger partial charge in [-0.05, 0) is 71.5 Å². The summed E-state index contributed by atoms with van der Waals surface area (Å²) in [7, 11) is 4.60. The summed E-state index contributed by atoms with van der Waals surface area (Å²) in [4.78, 5) is 10.3. The Morgan fingerprint density at radius 2 is 0.788 bits per heavy atom. The van der Waals surface area contributed by atoms with Crippen molar-refractivity contribution in [2.24, 2.45) is 0 Å². The summed E-state index contributed by atoms with van der Waals surface area (Å²) in [6.07, 6.45) is 0.00242. The van der Waals surface area contributed by atoms with Gasteiger partial charge in [0.15, 0.2) is 0 Å². The van der Waals surface area contributed by atoms with Crippen molar-refractivity contribution in [3.8, 4) is 33.8 Å². The second kappa shape index (κ2) is 10.4. The zero-order valence-corrected chi connectivity index (χ0v) is 29.7. The molecule has 5 heterocycles. The third-order valence-electron chi connectivity index (χ3n) is 12.3. The van der Waals surface area contributed by atoms with Crippen LogP contribution in [0.15, 0.2) is 157 Å². The SMILES string of the molecule is CC1=C(c2ccc(-c3ccccc3)cc2)N(C)C2N1c1cccc3c1C21c2c(cccc2N2C(C)=C(c4ccc(-c5ccccc5)cc4)N(C)C21)O3. The Labute approximate surface area is 304 Å². The smallest absolute Gasteiger partial charge is 0.133 e. The number of benzene rings is 6. The van der Waals surface area contributed by atoms with Gasteiger partial charge in [-0.3, -0.25) is 0 Å². The van der Waals surface area contributed by atoms with E-state index < -0.39 is 5.41 Å². The molecule has 0 saturated heterocycles. The predicted molar refractivity (Wildman–Crippen MR) is 211 cm³/mol. The average Bonchev–Trinajstić information content (AvgIpc) is 3.85. The van der Waals surface area contributed by atoms with Gasteiger partial charge in [0.05, 0.1) is 22.8 Å². The Balaban J connectivity index is 1.07. The van der Waals surface area contributed by atoms with Crippen molar-refractivity contribution in [1.82, 2.24) is 9.80 Å². The number of allylic oxidation sites excluding steroid dienone is 2. The first-order valence-corrected chi connectivity index (χ1v) is 18.2. The van der Waals surface area contributed by atoms with Crippen LogP contribution in [0, 0.1) is 0 Å². The van der Waals surface area contributed by atoms with Gasteiger partial charge in [0.25, 0.3) is 0 Å². The minimum Gasteiger partial charge on any atom is -0.457 e. The van der Waals surface area contributed by atoms with Gasteiger partial charge >= 0.3 is 0 Å². The summed E-state index contributed by atoms with van der Waals surface area (Å²) in [5.74, 6) is 1.92. The fourth-order valence-corrected chi connectivity index (χ4v) is 10.4. The maximum atomic E-state index is 6.84. The third kappa shape index (κ3) is 3.58. The molecule has 0 radical (unpaired) electrons. The molecule has 1 spiro atoms. The molecule has 0 aliphatic carbocycles. The van der Waals surface area contributed by atoms with E-state index in [0.717, 1.165) is 11.5 Å². The highest BCUT2D eigenvalue weighted by Crippen LogP contribution is 2.71. The van der Waals surface area contributed by atoms with Gasteiger partial charge in [0.1, 0.15) is 29.2 Å². The van der Waals surface area contributed by atoms with Gasteiger partial charge in [0, 0.05) is 36.6 Å². The molecule has 52 heavy (non-hydrogen) atoms. The molecule has 0 amide bonds. The number of anilines is 2. The lowest BCUT2D eigenvalue weighted by molar-refractivity contribution is 0.176. The quantitative estimate of drug-likeness (QED) is 0.185. The summed E-state index contributed by atoms with van der Waals surface area (Å²) in [5, 5.41) is 0. The first-order chi connectivity index (χ1) is 25.5. The molecule has 5 nitrogen and oxygen atoms in total. The van der Waals surface area contributed by atoms with Crippen molar-refractivity contribution in [3.63, 3.8) is 0 Å². The van der Waals surface area contributed by atoms with Gasteiger partial charge in [0.2, 0.25) is 0 Å². The Bertz CT molecular complexity index is 2330. The first kappa shape index (κ1) is 29.5. The van der Waals surface area contributed by atoms with Crippen molar-refractivity contribution in [2.75, 3.05) is 23.9 Å². The van der Waals surface area contributed by atoms with Crippen LogP contribution in [-0.4, -0.2) is 36.2 Å². The van der Waals surface area contributed by atoms with E-state index in [2.05, 4.69) is 193 Å². The normalized spacial score (nSPS) is 21.8. The van der Waals surface area contributed by atoms with Crippen molar-refractivity contribution in [3.05, 3.63) is 179 Å². The molecule has 0 bridgehead atoms. The van der Waals surface area contributed by atoms with Gasteiger partial charge in [-0.1, -0.05) is 121 Å². The highest BCUT2D eigenvalue weighted by molar-refractivity contribution is 5.93. The van der Waals surface area contributed by atoms with Crippen LogP contribution < -0.4 is 14.5 Å². The minimum atomic E-state index is -0.431. The molecule has 5 aliphatic rings. The maximum Gasteiger partial charge on any atom is 0.133 e. The Hall–Kier alpha value is -6.20. The van der Waals surface area contributed by atoms with Gasteiger partial charge in [-0.15, -0.1) is 0 Å². The fourth-order valence-electron chi connectivity index (χ4n) is 10.4. The van der Waals surface area contributed by atoms with Crippen LogP contribution in [0.3, 0.4) is 0 Å². The van der Waals surface area contributed by atoms with Crippen LogP contribution >= 0.6 is 0 Å². The molecule has 2 unspecified atom stereocenters. The van der Waals surface area contributed by atoms with E-state index in [1.165, 1.54) is 78.7 Å². The predicted octanol–water partition coefficient (Wildman–Crippen LogP) is 10.4. The van der Waals surface area contributed by atoms with Crippen LogP contribution in [0.1, 0.15) is 36.1 Å². The third-order valence-corrected chi connectivity index (χ3v) is 12.3. The van der Waals surface area contributed by atoms with Gasteiger partial charge in [-0.25, -0.2) is 0 Å². The first-order valence-electron chi connectivity index (χ1n) is 18.2. The molecule has 6 aromatic rings. The molecule has 11 rings (SSSR count). The van der Waals surface area contributed by atoms with E-state index in [0.29, 0.717) is 0 Å². The number of likely N-dealkylation sites (N-methyl/N-ethyl adjacent to an activating group) is 2. The zero-order chi connectivity index (χ0) is 34.9. The standard InChI is InChI=1S/C47H38N4O/c1-29-43(35-25-21-33(22-26-35)31-13-7-5-8-14-31)48(3)45-47-41-37(50(29)45)17-11-19-39(41)52-40-20-12-18-38(42(40)47)51-30(2)44(49(4)46(47)51)36-27-23-34(24-28-36)32-15-9-6-10-16-32/h5-28,45-46H,1-4H3. The van der Waals surface area contributed by atoms with Gasteiger partial charge in [-0.2, -0.15) is 0 Å². The summed E-state index contributed by atoms with van der Waals surface area (Å²) in [5.41, 5.74) is 17.0. The molecule has 252 valence electrons.